The lowest BCUT2D eigenvalue weighted by Gasteiger charge is -2.28. The summed E-state index contributed by atoms with van der Waals surface area (Å²) >= 11 is 0. The first-order valence-corrected chi connectivity index (χ1v) is 13.5. The second-order valence-corrected chi connectivity index (χ2v) is 10.0. The summed E-state index contributed by atoms with van der Waals surface area (Å²) in [6.45, 7) is 3.29. The van der Waals surface area contributed by atoms with Crippen LogP contribution in [0.4, 0.5) is 17.8 Å². The molecule has 10 heteroatoms. The van der Waals surface area contributed by atoms with Crippen molar-refractivity contribution in [3.05, 3.63) is 71.3 Å². The summed E-state index contributed by atoms with van der Waals surface area (Å²) in [5.74, 6) is 0.996. The number of aliphatic carboxylic acids is 1. The first kappa shape index (κ1) is 27.8. The molecule has 0 saturated heterocycles. The molecule has 1 fully saturated rings. The Labute approximate surface area is 229 Å². The number of benzene rings is 2. The monoisotopic (exact) mass is 531 g/mol. The predicted molar refractivity (Wildman–Crippen MR) is 152 cm³/mol. The zero-order chi connectivity index (χ0) is 27.6. The number of nitrogens with zero attached hydrogens (tertiary/aromatic N) is 3. The fraction of sp³-hybridized carbons (Fsp3) is 0.414. The van der Waals surface area contributed by atoms with Gasteiger partial charge in [0.05, 0.1) is 6.42 Å². The molecular weight excluding hydrogens is 494 g/mol. The second-order valence-electron chi connectivity index (χ2n) is 10.0. The molecule has 1 saturated carbocycles. The number of carbonyl (C=O) groups is 2. The highest BCUT2D eigenvalue weighted by molar-refractivity contribution is 5.78. The van der Waals surface area contributed by atoms with Crippen LogP contribution in [0.15, 0.2) is 54.6 Å². The van der Waals surface area contributed by atoms with E-state index in [1.54, 1.807) is 19.2 Å². The lowest BCUT2D eigenvalue weighted by Crippen LogP contribution is -2.36. The van der Waals surface area contributed by atoms with Gasteiger partial charge in [-0.3, -0.25) is 9.59 Å². The molecule has 1 aliphatic rings. The van der Waals surface area contributed by atoms with E-state index in [1.807, 2.05) is 30.3 Å². The maximum atomic E-state index is 12.7. The van der Waals surface area contributed by atoms with Crippen molar-refractivity contribution < 1.29 is 14.7 Å². The fourth-order valence-electron chi connectivity index (χ4n) is 4.74. The number of hydrogen-bond donors (Lipinski definition) is 5. The number of aromatic nitrogens is 3. The van der Waals surface area contributed by atoms with E-state index in [0.29, 0.717) is 36.9 Å². The number of nitrogens with one attached hydrogen (secondary N) is 4. The molecule has 0 spiro atoms. The highest BCUT2D eigenvalue weighted by Crippen LogP contribution is 2.27. The Bertz CT molecular complexity index is 1230. The molecule has 206 valence electrons. The molecule has 1 heterocycles. The summed E-state index contributed by atoms with van der Waals surface area (Å²) in [7, 11) is 1.78. The van der Waals surface area contributed by atoms with Gasteiger partial charge < -0.3 is 26.4 Å². The Balaban J connectivity index is 1.24. The average Bonchev–Trinajstić information content (AvgIpc) is 2.95. The van der Waals surface area contributed by atoms with Gasteiger partial charge in [-0.15, -0.1) is 0 Å². The summed E-state index contributed by atoms with van der Waals surface area (Å²) in [5, 5.41) is 21.7. The van der Waals surface area contributed by atoms with Crippen LogP contribution in [0.1, 0.15) is 55.2 Å². The van der Waals surface area contributed by atoms with Crippen LogP contribution in [0, 0.1) is 5.92 Å². The van der Waals surface area contributed by atoms with Gasteiger partial charge in [-0.25, -0.2) is 0 Å². The molecule has 1 aliphatic carbocycles. The molecule has 0 radical (unpaired) electrons. The minimum absolute atomic E-state index is 0.00396. The summed E-state index contributed by atoms with van der Waals surface area (Å²) in [6, 6.07) is 17.8. The van der Waals surface area contributed by atoms with E-state index in [0.717, 1.165) is 36.8 Å². The van der Waals surface area contributed by atoms with E-state index in [1.165, 1.54) is 5.56 Å². The summed E-state index contributed by atoms with van der Waals surface area (Å²) in [6.07, 6.45) is 3.25. The second kappa shape index (κ2) is 13.5. The fourth-order valence-corrected chi connectivity index (χ4v) is 4.74. The molecule has 1 aromatic heterocycles. The van der Waals surface area contributed by atoms with Gasteiger partial charge in [0.25, 0.3) is 0 Å². The van der Waals surface area contributed by atoms with E-state index in [4.69, 9.17) is 5.11 Å². The highest BCUT2D eigenvalue weighted by Gasteiger charge is 2.26. The third-order valence-corrected chi connectivity index (χ3v) is 7.07. The number of carboxylic acids is 1. The SMILES string of the molecule is CNc1nc(NC[C@H](C)c2ccccc2)nc(NC2CCC(C(=O)NCc3ccc(CC(=O)O)cc3)CC2)n1. The topological polar surface area (TPSA) is 141 Å². The van der Waals surface area contributed by atoms with E-state index in [-0.39, 0.29) is 24.3 Å². The highest BCUT2D eigenvalue weighted by atomic mass is 16.4. The summed E-state index contributed by atoms with van der Waals surface area (Å²) < 4.78 is 0. The number of carboxylic acid groups (broad SMARTS) is 1. The van der Waals surface area contributed by atoms with Gasteiger partial charge >= 0.3 is 5.97 Å². The maximum Gasteiger partial charge on any atom is 0.307 e. The van der Waals surface area contributed by atoms with Crippen LogP contribution in [0.2, 0.25) is 0 Å². The number of amides is 1. The normalized spacial score (nSPS) is 17.6. The van der Waals surface area contributed by atoms with Crippen LogP contribution in [-0.2, 0) is 22.6 Å². The minimum Gasteiger partial charge on any atom is -0.481 e. The van der Waals surface area contributed by atoms with Gasteiger partial charge in [-0.05, 0) is 48.3 Å². The Hall–Kier alpha value is -4.21. The summed E-state index contributed by atoms with van der Waals surface area (Å²) in [4.78, 5) is 37.1. The lowest BCUT2D eigenvalue weighted by atomic mass is 9.85. The third-order valence-electron chi connectivity index (χ3n) is 7.07. The van der Waals surface area contributed by atoms with Crippen molar-refractivity contribution in [1.82, 2.24) is 20.3 Å². The predicted octanol–water partition coefficient (Wildman–Crippen LogP) is 4.04. The smallest absolute Gasteiger partial charge is 0.307 e. The van der Waals surface area contributed by atoms with E-state index in [2.05, 4.69) is 55.3 Å². The Morgan fingerprint density at radius 2 is 1.54 bits per heavy atom. The van der Waals surface area contributed by atoms with Gasteiger partial charge in [0.1, 0.15) is 0 Å². The maximum absolute atomic E-state index is 12.7. The molecule has 39 heavy (non-hydrogen) atoms. The van der Waals surface area contributed by atoms with Crippen molar-refractivity contribution in [2.45, 2.75) is 57.5 Å². The Kier molecular flexibility index (Phi) is 9.66. The minimum atomic E-state index is -0.857. The molecule has 10 nitrogen and oxygen atoms in total. The largest absolute Gasteiger partial charge is 0.481 e. The zero-order valence-electron chi connectivity index (χ0n) is 22.5. The van der Waals surface area contributed by atoms with Crippen LogP contribution in [0.3, 0.4) is 0 Å². The molecule has 0 aliphatic heterocycles. The Morgan fingerprint density at radius 3 is 2.21 bits per heavy atom. The van der Waals surface area contributed by atoms with Gasteiger partial charge in [0, 0.05) is 32.1 Å². The van der Waals surface area contributed by atoms with Gasteiger partial charge in [-0.2, -0.15) is 15.0 Å². The molecule has 0 unspecified atom stereocenters. The Morgan fingerprint density at radius 1 is 0.897 bits per heavy atom. The standard InChI is InChI=1S/C29H37N7O3/c1-19(22-6-4-3-5-7-22)17-32-28-34-27(30-2)35-29(36-28)33-24-14-12-23(13-15-24)26(39)31-18-21-10-8-20(9-11-21)16-25(37)38/h3-11,19,23-24H,12-18H2,1-2H3,(H,31,39)(H,37,38)(H3,30,32,33,34,35,36)/t19-,23?,24?/m0/s1. The third kappa shape index (κ3) is 8.39. The van der Waals surface area contributed by atoms with Crippen molar-refractivity contribution in [3.8, 4) is 0 Å². The molecule has 1 atom stereocenters. The van der Waals surface area contributed by atoms with Crippen LogP contribution in [0.5, 0.6) is 0 Å². The van der Waals surface area contributed by atoms with E-state index >= 15 is 0 Å². The molecule has 4 rings (SSSR count). The van der Waals surface area contributed by atoms with Crippen molar-refractivity contribution in [2.24, 2.45) is 5.92 Å². The molecular formula is C29H37N7O3. The van der Waals surface area contributed by atoms with Crippen molar-refractivity contribution in [3.63, 3.8) is 0 Å². The van der Waals surface area contributed by atoms with Crippen molar-refractivity contribution >= 4 is 29.7 Å². The van der Waals surface area contributed by atoms with Crippen LogP contribution >= 0.6 is 0 Å². The average molecular weight is 532 g/mol. The van der Waals surface area contributed by atoms with Crippen molar-refractivity contribution in [2.75, 3.05) is 29.5 Å². The van der Waals surface area contributed by atoms with E-state index < -0.39 is 5.97 Å². The number of rotatable bonds is 12. The lowest BCUT2D eigenvalue weighted by molar-refractivity contribution is -0.136. The van der Waals surface area contributed by atoms with Crippen molar-refractivity contribution in [1.29, 1.82) is 0 Å². The molecule has 0 bridgehead atoms. The van der Waals surface area contributed by atoms with Crippen LogP contribution < -0.4 is 21.3 Å². The van der Waals surface area contributed by atoms with Gasteiger partial charge in [-0.1, -0.05) is 61.5 Å². The molecule has 3 aromatic rings. The molecule has 2 aromatic carbocycles. The molecule has 5 N–H and O–H groups in total. The molecule has 1 amide bonds. The quantitative estimate of drug-likeness (QED) is 0.234. The first-order chi connectivity index (χ1) is 18.9. The first-order valence-electron chi connectivity index (χ1n) is 13.5. The summed E-state index contributed by atoms with van der Waals surface area (Å²) in [5.41, 5.74) is 2.94. The number of carbonyl (C=O) groups excluding carboxylic acids is 1. The van der Waals surface area contributed by atoms with E-state index in [9.17, 15) is 9.59 Å². The van der Waals surface area contributed by atoms with Gasteiger partial charge in [0.2, 0.25) is 23.8 Å². The number of hydrogen-bond acceptors (Lipinski definition) is 8. The van der Waals surface area contributed by atoms with Gasteiger partial charge in [0.15, 0.2) is 0 Å². The zero-order valence-corrected chi connectivity index (χ0v) is 22.5. The van der Waals surface area contributed by atoms with Crippen LogP contribution in [0.25, 0.3) is 0 Å². The number of anilines is 3. The van der Waals surface area contributed by atoms with Crippen LogP contribution in [-0.4, -0.2) is 51.6 Å².